The summed E-state index contributed by atoms with van der Waals surface area (Å²) in [7, 11) is 2.05. The lowest BCUT2D eigenvalue weighted by atomic mass is 10.1. The van der Waals surface area contributed by atoms with E-state index in [1.54, 1.807) is 42.6 Å². The molecule has 10 heteroatoms. The number of carbonyl (C=O) groups excluding carboxylic acids is 1. The second kappa shape index (κ2) is 10.3. The summed E-state index contributed by atoms with van der Waals surface area (Å²) in [5, 5.41) is 6.50. The van der Waals surface area contributed by atoms with Gasteiger partial charge in [-0.25, -0.2) is 18.7 Å². The molecule has 1 fully saturated rings. The van der Waals surface area contributed by atoms with Crippen molar-refractivity contribution in [2.75, 3.05) is 48.8 Å². The number of carbonyl (C=O) groups is 1. The zero-order valence-corrected chi connectivity index (χ0v) is 20.2. The molecular weight excluding hydrogens is 476 g/mol. The minimum absolute atomic E-state index is 0.370. The molecule has 1 aliphatic heterocycles. The van der Waals surface area contributed by atoms with Crippen molar-refractivity contribution in [3.63, 3.8) is 0 Å². The summed E-state index contributed by atoms with van der Waals surface area (Å²) in [5.41, 5.74) is 3.30. The van der Waals surface area contributed by atoms with Crippen molar-refractivity contribution in [1.29, 1.82) is 0 Å². The molecule has 3 heterocycles. The van der Waals surface area contributed by atoms with Gasteiger partial charge in [0.2, 0.25) is 0 Å². The number of aromatic nitrogens is 3. The van der Waals surface area contributed by atoms with Gasteiger partial charge < -0.3 is 20.4 Å². The first-order valence-electron chi connectivity index (χ1n) is 11.7. The number of amides is 1. The van der Waals surface area contributed by atoms with E-state index >= 15 is 0 Å². The first-order valence-corrected chi connectivity index (χ1v) is 11.7. The first-order chi connectivity index (χ1) is 17.9. The van der Waals surface area contributed by atoms with Crippen molar-refractivity contribution in [2.45, 2.75) is 0 Å². The largest absolute Gasteiger partial charge is 0.367 e. The standard InChI is InChI=1S/C27H25F2N7O/c1-17(28)27(37)34-24-14-20-23(15-25(24)36-11-9-35(2)10-12-36)31-16-32-26(20)33-18-7-8-30-22(13-18)19-5-3-4-6-21(19)29/h3-8,13-16H,1,9-12H2,2H3,(H,34,37)(H,30,31,32,33). The number of rotatable bonds is 6. The molecule has 0 unspecified atom stereocenters. The van der Waals surface area contributed by atoms with Crippen LogP contribution >= 0.6 is 0 Å². The van der Waals surface area contributed by atoms with Crippen LogP contribution in [-0.4, -0.2) is 59.0 Å². The average molecular weight is 502 g/mol. The van der Waals surface area contributed by atoms with Crippen LogP contribution in [0.2, 0.25) is 0 Å². The molecule has 1 saturated heterocycles. The van der Waals surface area contributed by atoms with Gasteiger partial charge in [0.25, 0.3) is 5.91 Å². The van der Waals surface area contributed by atoms with Gasteiger partial charge >= 0.3 is 0 Å². The molecule has 1 amide bonds. The second-order valence-electron chi connectivity index (χ2n) is 8.79. The van der Waals surface area contributed by atoms with E-state index in [2.05, 4.69) is 49.0 Å². The van der Waals surface area contributed by atoms with E-state index in [4.69, 9.17) is 0 Å². The highest BCUT2D eigenvalue weighted by atomic mass is 19.1. The molecule has 0 spiro atoms. The number of likely N-dealkylation sites (N-methyl/N-ethyl adjacent to an activating group) is 1. The normalized spacial score (nSPS) is 14.0. The number of nitrogens with zero attached hydrogens (tertiary/aromatic N) is 5. The third-order valence-corrected chi connectivity index (χ3v) is 6.26. The number of hydrogen-bond acceptors (Lipinski definition) is 7. The molecule has 37 heavy (non-hydrogen) atoms. The van der Waals surface area contributed by atoms with E-state index in [-0.39, 0.29) is 5.82 Å². The molecule has 0 bridgehead atoms. The third-order valence-electron chi connectivity index (χ3n) is 6.26. The van der Waals surface area contributed by atoms with E-state index in [0.29, 0.717) is 39.4 Å². The van der Waals surface area contributed by atoms with Gasteiger partial charge in [0.1, 0.15) is 18.0 Å². The van der Waals surface area contributed by atoms with Crippen LogP contribution < -0.4 is 15.5 Å². The maximum absolute atomic E-state index is 14.3. The maximum Gasteiger partial charge on any atom is 0.283 e. The van der Waals surface area contributed by atoms with Gasteiger partial charge in [-0.1, -0.05) is 18.7 Å². The first kappa shape index (κ1) is 24.3. The van der Waals surface area contributed by atoms with Crippen molar-refractivity contribution in [3.05, 3.63) is 79.3 Å². The summed E-state index contributed by atoms with van der Waals surface area (Å²) in [6, 6.07) is 13.5. The van der Waals surface area contributed by atoms with E-state index in [1.165, 1.54) is 12.4 Å². The number of benzene rings is 2. The molecule has 1 aliphatic rings. The minimum atomic E-state index is -1.08. The van der Waals surface area contributed by atoms with Gasteiger partial charge in [-0.15, -0.1) is 0 Å². The third kappa shape index (κ3) is 5.24. The molecule has 4 aromatic rings. The summed E-state index contributed by atoms with van der Waals surface area (Å²) in [6.45, 7) is 6.30. The number of nitrogens with one attached hydrogen (secondary N) is 2. The Labute approximate surface area is 212 Å². The molecule has 2 N–H and O–H groups in total. The Morgan fingerprint density at radius 1 is 1.03 bits per heavy atom. The van der Waals surface area contributed by atoms with Crippen LogP contribution in [0, 0.1) is 5.82 Å². The number of hydrogen-bond donors (Lipinski definition) is 2. The zero-order chi connectivity index (χ0) is 25.9. The van der Waals surface area contributed by atoms with Crippen LogP contribution in [0.4, 0.5) is 31.7 Å². The number of halogens is 2. The smallest absolute Gasteiger partial charge is 0.283 e. The fraction of sp³-hybridized carbons (Fsp3) is 0.185. The fourth-order valence-corrected chi connectivity index (χ4v) is 4.25. The van der Waals surface area contributed by atoms with Crippen LogP contribution in [0.3, 0.4) is 0 Å². The van der Waals surface area contributed by atoms with E-state index in [1.807, 2.05) is 6.07 Å². The van der Waals surface area contributed by atoms with Crippen molar-refractivity contribution in [2.24, 2.45) is 0 Å². The monoisotopic (exact) mass is 501 g/mol. The summed E-state index contributed by atoms with van der Waals surface area (Å²) in [5.74, 6) is -1.89. The Morgan fingerprint density at radius 3 is 2.57 bits per heavy atom. The van der Waals surface area contributed by atoms with Crippen molar-refractivity contribution < 1.29 is 13.6 Å². The molecule has 188 valence electrons. The fourth-order valence-electron chi connectivity index (χ4n) is 4.25. The minimum Gasteiger partial charge on any atom is -0.367 e. The summed E-state index contributed by atoms with van der Waals surface area (Å²) in [6.07, 6.45) is 3.02. The average Bonchev–Trinajstić information content (AvgIpc) is 2.89. The van der Waals surface area contributed by atoms with E-state index in [0.717, 1.165) is 31.9 Å². The lowest BCUT2D eigenvalue weighted by Crippen LogP contribution is -2.44. The number of piperazine rings is 1. The Balaban J connectivity index is 1.54. The molecule has 0 aliphatic carbocycles. The molecule has 0 atom stereocenters. The predicted molar refractivity (Wildman–Crippen MR) is 141 cm³/mol. The van der Waals surface area contributed by atoms with Crippen LogP contribution in [0.15, 0.2) is 73.5 Å². The quantitative estimate of drug-likeness (QED) is 0.369. The molecule has 0 saturated carbocycles. The lowest BCUT2D eigenvalue weighted by Gasteiger charge is -2.35. The van der Waals surface area contributed by atoms with Crippen molar-refractivity contribution in [1.82, 2.24) is 19.9 Å². The number of anilines is 4. The number of fused-ring (bicyclic) bond motifs is 1. The molecule has 2 aromatic heterocycles. The Morgan fingerprint density at radius 2 is 1.81 bits per heavy atom. The van der Waals surface area contributed by atoms with Crippen LogP contribution in [0.25, 0.3) is 22.2 Å². The summed E-state index contributed by atoms with van der Waals surface area (Å²) >= 11 is 0. The molecular formula is C27H25F2N7O. The van der Waals surface area contributed by atoms with Gasteiger partial charge in [0.05, 0.1) is 22.6 Å². The maximum atomic E-state index is 14.3. The lowest BCUT2D eigenvalue weighted by molar-refractivity contribution is -0.114. The highest BCUT2D eigenvalue weighted by Gasteiger charge is 2.21. The molecule has 5 rings (SSSR count). The summed E-state index contributed by atoms with van der Waals surface area (Å²) in [4.78, 5) is 29.7. The highest BCUT2D eigenvalue weighted by molar-refractivity contribution is 6.07. The van der Waals surface area contributed by atoms with Gasteiger partial charge in [-0.2, -0.15) is 0 Å². The van der Waals surface area contributed by atoms with Gasteiger partial charge in [-0.05, 0) is 43.4 Å². The van der Waals surface area contributed by atoms with E-state index < -0.39 is 11.7 Å². The Hall–Kier alpha value is -4.44. The van der Waals surface area contributed by atoms with Crippen molar-refractivity contribution in [3.8, 4) is 11.3 Å². The van der Waals surface area contributed by atoms with Crippen LogP contribution in [-0.2, 0) is 4.79 Å². The Bertz CT molecular complexity index is 1490. The SMILES string of the molecule is C=C(F)C(=O)Nc1cc2c(Nc3ccnc(-c4ccccc4F)c3)ncnc2cc1N1CCN(C)CC1. The molecule has 8 nitrogen and oxygen atoms in total. The van der Waals surface area contributed by atoms with E-state index in [9.17, 15) is 13.6 Å². The topological polar surface area (TPSA) is 86.3 Å². The molecule has 2 aromatic carbocycles. The van der Waals surface area contributed by atoms with Gasteiger partial charge in [0.15, 0.2) is 5.83 Å². The van der Waals surface area contributed by atoms with Gasteiger partial charge in [-0.3, -0.25) is 9.78 Å². The zero-order valence-electron chi connectivity index (χ0n) is 20.2. The van der Waals surface area contributed by atoms with Crippen LogP contribution in [0.1, 0.15) is 0 Å². The van der Waals surface area contributed by atoms with Crippen LogP contribution in [0.5, 0.6) is 0 Å². The molecule has 0 radical (unpaired) electrons. The predicted octanol–water partition coefficient (Wildman–Crippen LogP) is 4.75. The summed E-state index contributed by atoms with van der Waals surface area (Å²) < 4.78 is 27.9. The Kier molecular flexibility index (Phi) is 6.74. The number of pyridine rings is 1. The highest BCUT2D eigenvalue weighted by Crippen LogP contribution is 2.35. The van der Waals surface area contributed by atoms with Gasteiger partial charge in [0, 0.05) is 49.0 Å². The second-order valence-corrected chi connectivity index (χ2v) is 8.79. The van der Waals surface area contributed by atoms with Crippen molar-refractivity contribution >= 4 is 39.7 Å².